The Morgan fingerprint density at radius 1 is 0.740 bits per heavy atom. The quantitative estimate of drug-likeness (QED) is 0.0818. The van der Waals surface area contributed by atoms with Crippen molar-refractivity contribution in [3.8, 4) is 0 Å². The smallest absolute Gasteiger partial charge is 0.338 e. The average molecular weight is 722 g/mol. The number of rotatable bonds is 10. The molecule has 5 aromatic rings. The van der Waals surface area contributed by atoms with Crippen LogP contribution in [0.5, 0.6) is 0 Å². The molecule has 0 saturated heterocycles. The van der Waals surface area contributed by atoms with E-state index >= 15 is 0 Å². The molecule has 1 unspecified atom stereocenters. The van der Waals surface area contributed by atoms with Gasteiger partial charge in [-0.2, -0.15) is 8.42 Å². The molecule has 5 rings (SSSR count). The number of halogens is 2. The van der Waals surface area contributed by atoms with Gasteiger partial charge in [0.05, 0.1) is 13.1 Å². The molecule has 0 fully saturated rings. The minimum absolute atomic E-state index is 0.0909. The minimum atomic E-state index is -3.98. The second-order valence-electron chi connectivity index (χ2n) is 11.6. The Hall–Kier alpha value is -5.18. The van der Waals surface area contributed by atoms with E-state index in [4.69, 9.17) is 40.5 Å². The molecule has 0 amide bonds. The van der Waals surface area contributed by atoms with Gasteiger partial charge in [-0.15, -0.1) is 0 Å². The molecular formula is C41H34Cl2N2O4S. The summed E-state index contributed by atoms with van der Waals surface area (Å²) in [6.07, 6.45) is 1.04. The van der Waals surface area contributed by atoms with E-state index in [0.717, 1.165) is 27.8 Å². The van der Waals surface area contributed by atoms with Gasteiger partial charge in [0.15, 0.2) is 11.4 Å². The van der Waals surface area contributed by atoms with Crippen LogP contribution in [0, 0.1) is 20.1 Å². The number of ketones is 1. The van der Waals surface area contributed by atoms with Crippen LogP contribution in [0.1, 0.15) is 47.6 Å². The highest BCUT2D eigenvalue weighted by Crippen LogP contribution is 2.30. The third-order valence-corrected chi connectivity index (χ3v) is 9.66. The number of allylic oxidation sites excluding steroid dienone is 2. The number of nitrogens with zero attached hydrogens (tertiary/aromatic N) is 2. The summed E-state index contributed by atoms with van der Waals surface area (Å²) in [5.41, 5.74) is 6.29. The summed E-state index contributed by atoms with van der Waals surface area (Å²) in [5.74, 6) is 0.132. The Morgan fingerprint density at radius 3 is 1.84 bits per heavy atom. The highest BCUT2D eigenvalue weighted by molar-refractivity contribution is 7.86. The largest absolute Gasteiger partial charge is 0.383 e. The number of Topliss-reactive ketones (excluding diaryl/α,β-unsaturated/α-hetero) is 1. The van der Waals surface area contributed by atoms with E-state index in [9.17, 15) is 13.2 Å². The minimum Gasteiger partial charge on any atom is -0.383 e. The lowest BCUT2D eigenvalue weighted by atomic mass is 9.89. The van der Waals surface area contributed by atoms with E-state index in [1.807, 2.05) is 61.5 Å². The predicted molar refractivity (Wildman–Crippen MR) is 201 cm³/mol. The first-order valence-corrected chi connectivity index (χ1v) is 17.7. The summed E-state index contributed by atoms with van der Waals surface area (Å²) >= 11 is 11.9. The normalized spacial score (nSPS) is 11.9. The highest BCUT2D eigenvalue weighted by atomic mass is 35.5. The summed E-state index contributed by atoms with van der Waals surface area (Å²) in [5, 5.41) is 1.30. The first-order valence-electron chi connectivity index (χ1n) is 15.5. The summed E-state index contributed by atoms with van der Waals surface area (Å²) < 4.78 is 31.1. The molecule has 0 aliphatic carbocycles. The van der Waals surface area contributed by atoms with Crippen LogP contribution in [-0.4, -0.2) is 14.2 Å². The summed E-state index contributed by atoms with van der Waals surface area (Å²) in [6.45, 7) is 19.4. The molecular weight excluding hydrogens is 687 g/mol. The predicted octanol–water partition coefficient (Wildman–Crippen LogP) is 11.4. The second kappa shape index (κ2) is 17.5. The molecule has 252 valence electrons. The van der Waals surface area contributed by atoms with Crippen LogP contribution in [0.3, 0.4) is 0 Å². The lowest BCUT2D eigenvalue weighted by Gasteiger charge is -2.15. The first kappa shape index (κ1) is 37.6. The van der Waals surface area contributed by atoms with Crippen molar-refractivity contribution in [3.05, 3.63) is 188 Å². The maximum atomic E-state index is 12.8. The Labute approximate surface area is 304 Å². The summed E-state index contributed by atoms with van der Waals surface area (Å²) in [7, 11) is -3.98. The SMILES string of the molecule is [C-]#[N+]c1cccc(/C(Cc2ccc(Cl)cc2)=C(/C)OS(=O)(=O)c2ccc(C)cc2)c1.[C-]#[N+]c1cccc(C(Cc2ccc(Cl)cc2)C(C)=O)c1. The third-order valence-electron chi connectivity index (χ3n) is 7.83. The molecule has 0 N–H and O–H groups in total. The maximum absolute atomic E-state index is 12.8. The Morgan fingerprint density at radius 2 is 1.28 bits per heavy atom. The molecule has 9 heteroatoms. The topological polar surface area (TPSA) is 69.2 Å². The Bertz CT molecular complexity index is 2180. The fraction of sp³-hybridized carbons (Fsp3) is 0.146. The van der Waals surface area contributed by atoms with Crippen LogP contribution < -0.4 is 0 Å². The third kappa shape index (κ3) is 10.7. The van der Waals surface area contributed by atoms with Crippen molar-refractivity contribution in [2.75, 3.05) is 0 Å². The second-order valence-corrected chi connectivity index (χ2v) is 14.0. The lowest BCUT2D eigenvalue weighted by Crippen LogP contribution is -2.11. The van der Waals surface area contributed by atoms with Crippen molar-refractivity contribution in [2.45, 2.75) is 44.4 Å². The molecule has 5 aromatic carbocycles. The summed E-state index contributed by atoms with van der Waals surface area (Å²) in [6, 6.07) is 35.6. The summed E-state index contributed by atoms with van der Waals surface area (Å²) in [4.78, 5) is 18.9. The zero-order chi connectivity index (χ0) is 36.3. The number of benzene rings is 5. The van der Waals surface area contributed by atoms with Gasteiger partial charge in [-0.3, -0.25) is 4.79 Å². The van der Waals surface area contributed by atoms with Gasteiger partial charge in [0.1, 0.15) is 16.4 Å². The van der Waals surface area contributed by atoms with Crippen LogP contribution in [0.2, 0.25) is 10.0 Å². The lowest BCUT2D eigenvalue weighted by molar-refractivity contribution is -0.118. The van der Waals surface area contributed by atoms with Gasteiger partial charge in [0.25, 0.3) is 0 Å². The molecule has 0 spiro atoms. The molecule has 1 atom stereocenters. The fourth-order valence-corrected chi connectivity index (χ4v) is 6.38. The van der Waals surface area contributed by atoms with Gasteiger partial charge in [-0.25, -0.2) is 9.69 Å². The fourth-order valence-electron chi connectivity index (χ4n) is 5.13. The van der Waals surface area contributed by atoms with Gasteiger partial charge < -0.3 is 4.18 Å². The zero-order valence-electron chi connectivity index (χ0n) is 27.7. The molecule has 0 radical (unpaired) electrons. The Kier molecular flexibility index (Phi) is 13.1. The van der Waals surface area contributed by atoms with Gasteiger partial charge in [0, 0.05) is 28.0 Å². The van der Waals surface area contributed by atoms with Gasteiger partial charge >= 0.3 is 10.1 Å². The molecule has 6 nitrogen and oxygen atoms in total. The van der Waals surface area contributed by atoms with Crippen molar-refractivity contribution in [2.24, 2.45) is 0 Å². The van der Waals surface area contributed by atoms with Crippen molar-refractivity contribution in [1.82, 2.24) is 0 Å². The van der Waals surface area contributed by atoms with E-state index in [-0.39, 0.29) is 22.4 Å². The van der Waals surface area contributed by atoms with E-state index in [1.54, 1.807) is 68.4 Å². The van der Waals surface area contributed by atoms with Crippen LogP contribution in [0.15, 0.2) is 132 Å². The molecule has 0 aromatic heterocycles. The Balaban J connectivity index is 0.000000244. The van der Waals surface area contributed by atoms with Gasteiger partial charge in [-0.05, 0) is 91.9 Å². The number of carbonyl (C=O) groups excluding carboxylic acids is 1. The number of hydrogen-bond acceptors (Lipinski definition) is 4. The van der Waals surface area contributed by atoms with E-state index < -0.39 is 10.1 Å². The molecule has 0 heterocycles. The van der Waals surface area contributed by atoms with Crippen LogP contribution >= 0.6 is 23.2 Å². The first-order chi connectivity index (χ1) is 23.9. The molecule has 0 saturated carbocycles. The van der Waals surface area contributed by atoms with Crippen molar-refractivity contribution in [3.63, 3.8) is 0 Å². The van der Waals surface area contributed by atoms with Crippen molar-refractivity contribution in [1.29, 1.82) is 0 Å². The van der Waals surface area contributed by atoms with Crippen LogP contribution in [0.25, 0.3) is 15.3 Å². The highest BCUT2D eigenvalue weighted by Gasteiger charge is 2.20. The van der Waals surface area contributed by atoms with Crippen molar-refractivity contribution < 1.29 is 17.4 Å². The average Bonchev–Trinajstić information content (AvgIpc) is 3.11. The standard InChI is InChI=1S/C24H20ClNO3S.C17H14ClNO/c1-17-7-13-23(14-8-17)30(27,28)29-18(2)24(15-19-9-11-21(25)12-10-19)20-5-4-6-22(16-20)26-3;1-12(20)17(10-13-6-8-15(18)9-7-13)14-4-3-5-16(11-14)19-2/h4-14,16H,15H2,1-2H3;3-9,11,17H,10H2,1H3/b24-18-;. The van der Waals surface area contributed by atoms with E-state index in [0.29, 0.717) is 39.8 Å². The maximum Gasteiger partial charge on any atom is 0.338 e. The van der Waals surface area contributed by atoms with E-state index in [1.165, 1.54) is 12.1 Å². The van der Waals surface area contributed by atoms with Crippen LogP contribution in [-0.2, 0) is 31.9 Å². The molecule has 0 aliphatic heterocycles. The number of carbonyl (C=O) groups is 1. The van der Waals surface area contributed by atoms with Gasteiger partial charge in [-0.1, -0.05) is 108 Å². The molecule has 0 bridgehead atoms. The van der Waals surface area contributed by atoms with Gasteiger partial charge in [0.2, 0.25) is 0 Å². The van der Waals surface area contributed by atoms with Crippen LogP contribution in [0.4, 0.5) is 11.4 Å². The van der Waals surface area contributed by atoms with E-state index in [2.05, 4.69) is 9.69 Å². The molecule has 50 heavy (non-hydrogen) atoms. The number of aryl methyl sites for hydroxylation is 1. The monoisotopic (exact) mass is 720 g/mol. The number of hydrogen-bond donors (Lipinski definition) is 0. The van der Waals surface area contributed by atoms with Crippen molar-refractivity contribution >= 4 is 56.1 Å². The molecule has 0 aliphatic rings. The zero-order valence-corrected chi connectivity index (χ0v) is 30.1.